The number of fused-ring (bicyclic) bond motifs is 1. The van der Waals surface area contributed by atoms with Crippen molar-refractivity contribution in [2.45, 2.75) is 32.6 Å². The molecule has 0 fully saturated rings. The predicted molar refractivity (Wildman–Crippen MR) is 126 cm³/mol. The molecular weight excluding hydrogens is 409 g/mol. The Hall–Kier alpha value is -2.91. The Labute approximate surface area is 187 Å². The van der Waals surface area contributed by atoms with Crippen LogP contribution in [0, 0.1) is 5.82 Å². The van der Waals surface area contributed by atoms with E-state index >= 15 is 4.39 Å². The van der Waals surface area contributed by atoms with Crippen molar-refractivity contribution in [2.24, 2.45) is 0 Å². The lowest BCUT2D eigenvalue weighted by Gasteiger charge is -2.10. The van der Waals surface area contributed by atoms with Crippen LogP contribution in [-0.2, 0) is 12.8 Å². The summed E-state index contributed by atoms with van der Waals surface area (Å²) in [5, 5.41) is 2.22. The van der Waals surface area contributed by atoms with Gasteiger partial charge < -0.3 is 4.74 Å². The molecule has 1 heterocycles. The molecule has 0 radical (unpaired) electrons. The van der Waals surface area contributed by atoms with Gasteiger partial charge in [0.05, 0.1) is 18.5 Å². The highest BCUT2D eigenvalue weighted by atomic mass is 35.5. The lowest BCUT2D eigenvalue weighted by atomic mass is 9.98. The minimum absolute atomic E-state index is 0.148. The maximum Gasteiger partial charge on any atom is 0.137 e. The Morgan fingerprint density at radius 3 is 2.52 bits per heavy atom. The van der Waals surface area contributed by atoms with Crippen molar-refractivity contribution in [1.29, 1.82) is 0 Å². The summed E-state index contributed by atoms with van der Waals surface area (Å²) >= 11 is 5.94. The first-order valence-electron chi connectivity index (χ1n) is 10.7. The maximum absolute atomic E-state index is 15.1. The average molecular weight is 434 g/mol. The smallest absolute Gasteiger partial charge is 0.137 e. The highest BCUT2D eigenvalue weighted by Crippen LogP contribution is 2.28. The van der Waals surface area contributed by atoms with E-state index in [-0.39, 0.29) is 5.82 Å². The third-order valence-electron chi connectivity index (χ3n) is 5.43. The van der Waals surface area contributed by atoms with E-state index in [1.54, 1.807) is 6.20 Å². The Bertz CT molecular complexity index is 1160. The van der Waals surface area contributed by atoms with Crippen molar-refractivity contribution in [3.8, 4) is 17.0 Å². The van der Waals surface area contributed by atoms with E-state index in [0.29, 0.717) is 23.4 Å². The molecule has 1 aromatic heterocycles. The average Bonchev–Trinajstić information content (AvgIpc) is 2.80. The largest absolute Gasteiger partial charge is 0.492 e. The van der Waals surface area contributed by atoms with E-state index in [0.717, 1.165) is 52.8 Å². The van der Waals surface area contributed by atoms with Gasteiger partial charge >= 0.3 is 0 Å². The molecule has 0 bridgehead atoms. The molecule has 0 N–H and O–H groups in total. The lowest BCUT2D eigenvalue weighted by Crippen LogP contribution is -1.97. The van der Waals surface area contributed by atoms with Gasteiger partial charge in [0, 0.05) is 16.0 Å². The van der Waals surface area contributed by atoms with Crippen LogP contribution < -0.4 is 4.74 Å². The summed E-state index contributed by atoms with van der Waals surface area (Å²) in [4.78, 5) is 4.52. The van der Waals surface area contributed by atoms with Gasteiger partial charge in [0.15, 0.2) is 0 Å². The summed E-state index contributed by atoms with van der Waals surface area (Å²) in [5.41, 5.74) is 3.67. The fourth-order valence-corrected chi connectivity index (χ4v) is 3.72. The van der Waals surface area contributed by atoms with Gasteiger partial charge in [-0.1, -0.05) is 61.3 Å². The summed E-state index contributed by atoms with van der Waals surface area (Å²) in [7, 11) is 0. The van der Waals surface area contributed by atoms with Crippen LogP contribution in [0.1, 0.15) is 30.9 Å². The highest BCUT2D eigenvalue weighted by molar-refractivity contribution is 6.30. The molecule has 0 aliphatic carbocycles. The zero-order valence-corrected chi connectivity index (χ0v) is 18.3. The van der Waals surface area contributed by atoms with Crippen molar-refractivity contribution in [3.63, 3.8) is 0 Å². The first-order chi connectivity index (χ1) is 15.1. The van der Waals surface area contributed by atoms with Gasteiger partial charge in [0.25, 0.3) is 0 Å². The number of rotatable bonds is 8. The number of pyridine rings is 1. The van der Waals surface area contributed by atoms with Crippen LogP contribution in [0.25, 0.3) is 22.0 Å². The summed E-state index contributed by atoms with van der Waals surface area (Å²) in [5.74, 6) is 0.625. The van der Waals surface area contributed by atoms with Gasteiger partial charge in [-0.3, -0.25) is 4.98 Å². The molecule has 0 saturated carbocycles. The maximum atomic E-state index is 15.1. The van der Waals surface area contributed by atoms with Crippen molar-refractivity contribution in [2.75, 3.05) is 6.61 Å². The second-order valence-corrected chi connectivity index (χ2v) is 8.12. The molecule has 0 aliphatic rings. The topological polar surface area (TPSA) is 22.1 Å². The molecule has 31 heavy (non-hydrogen) atoms. The molecule has 0 amide bonds. The quantitative estimate of drug-likeness (QED) is 0.266. The van der Waals surface area contributed by atoms with Gasteiger partial charge in [-0.25, -0.2) is 4.39 Å². The van der Waals surface area contributed by atoms with Crippen LogP contribution >= 0.6 is 11.6 Å². The Morgan fingerprint density at radius 1 is 0.935 bits per heavy atom. The minimum Gasteiger partial charge on any atom is -0.492 e. The van der Waals surface area contributed by atoms with Crippen LogP contribution in [0.15, 0.2) is 72.9 Å². The van der Waals surface area contributed by atoms with Crippen molar-refractivity contribution >= 4 is 22.4 Å². The lowest BCUT2D eigenvalue weighted by molar-refractivity contribution is 0.308. The monoisotopic (exact) mass is 433 g/mol. The van der Waals surface area contributed by atoms with E-state index in [1.807, 2.05) is 66.7 Å². The number of aryl methyl sites for hydroxylation is 2. The number of hydrogen-bond acceptors (Lipinski definition) is 2. The molecule has 0 saturated heterocycles. The minimum atomic E-state index is -0.148. The third-order valence-corrected chi connectivity index (χ3v) is 5.68. The Kier molecular flexibility index (Phi) is 6.83. The SMILES string of the molecule is CCCCOc1ccc(-c2ccc3c(F)c(CCc4ccc(Cl)cc4)ccc3c2)nc1. The molecule has 0 unspecified atom stereocenters. The van der Waals surface area contributed by atoms with Crippen molar-refractivity contribution in [1.82, 2.24) is 4.98 Å². The van der Waals surface area contributed by atoms with Gasteiger partial charge in [-0.15, -0.1) is 0 Å². The number of unbranched alkanes of at least 4 members (excludes halogenated alkanes) is 1. The van der Waals surface area contributed by atoms with Crippen LogP contribution in [0.5, 0.6) is 5.75 Å². The summed E-state index contributed by atoms with van der Waals surface area (Å²) in [6.07, 6.45) is 5.29. The van der Waals surface area contributed by atoms with Crippen LogP contribution in [0.3, 0.4) is 0 Å². The van der Waals surface area contributed by atoms with Crippen molar-refractivity contribution in [3.05, 3.63) is 94.9 Å². The van der Waals surface area contributed by atoms with E-state index in [4.69, 9.17) is 16.3 Å². The van der Waals surface area contributed by atoms with E-state index in [2.05, 4.69) is 11.9 Å². The van der Waals surface area contributed by atoms with Gasteiger partial charge in [-0.2, -0.15) is 0 Å². The molecular formula is C27H25ClFNO. The van der Waals surface area contributed by atoms with Crippen molar-refractivity contribution < 1.29 is 9.13 Å². The molecule has 0 atom stereocenters. The first kappa shape index (κ1) is 21.3. The normalized spacial score (nSPS) is 11.1. The van der Waals surface area contributed by atoms with Gasteiger partial charge in [-0.05, 0) is 66.1 Å². The molecule has 0 spiro atoms. The molecule has 158 valence electrons. The summed E-state index contributed by atoms with van der Waals surface area (Å²) < 4.78 is 20.8. The summed E-state index contributed by atoms with van der Waals surface area (Å²) in [6.45, 7) is 2.84. The zero-order valence-electron chi connectivity index (χ0n) is 17.6. The Balaban J connectivity index is 1.50. The second kappa shape index (κ2) is 9.93. The number of benzene rings is 3. The van der Waals surface area contributed by atoms with Crippen LogP contribution in [0.2, 0.25) is 5.02 Å². The van der Waals surface area contributed by atoms with Crippen LogP contribution in [-0.4, -0.2) is 11.6 Å². The zero-order chi connectivity index (χ0) is 21.6. The number of nitrogens with zero attached hydrogens (tertiary/aromatic N) is 1. The fraction of sp³-hybridized carbons (Fsp3) is 0.222. The number of aromatic nitrogens is 1. The third kappa shape index (κ3) is 5.23. The summed E-state index contributed by atoms with van der Waals surface area (Å²) in [6, 6.07) is 21.2. The molecule has 0 aliphatic heterocycles. The standard InChI is InChI=1S/C27H25ClFNO/c1-2-3-16-31-24-13-15-26(30-18-24)22-10-14-25-21(17-22)9-8-20(27(25)29)7-4-19-5-11-23(28)12-6-19/h5-6,8-15,17-18H,2-4,7,16H2,1H3. The van der Waals surface area contributed by atoms with Gasteiger partial charge in [0.2, 0.25) is 0 Å². The molecule has 4 aromatic rings. The number of ether oxygens (including phenoxy) is 1. The Morgan fingerprint density at radius 2 is 1.77 bits per heavy atom. The fourth-order valence-electron chi connectivity index (χ4n) is 3.59. The molecule has 2 nitrogen and oxygen atoms in total. The van der Waals surface area contributed by atoms with E-state index < -0.39 is 0 Å². The predicted octanol–water partition coefficient (Wildman–Crippen LogP) is 7.66. The number of hydrogen-bond donors (Lipinski definition) is 0. The molecule has 4 heteroatoms. The number of halogens is 2. The highest BCUT2D eigenvalue weighted by Gasteiger charge is 2.10. The molecule has 3 aromatic carbocycles. The van der Waals surface area contributed by atoms with E-state index in [1.165, 1.54) is 0 Å². The first-order valence-corrected chi connectivity index (χ1v) is 11.1. The second-order valence-electron chi connectivity index (χ2n) is 7.68. The van der Waals surface area contributed by atoms with Crippen LogP contribution in [0.4, 0.5) is 4.39 Å². The molecule has 4 rings (SSSR count). The van der Waals surface area contributed by atoms with E-state index in [9.17, 15) is 0 Å². The van der Waals surface area contributed by atoms with Gasteiger partial charge in [0.1, 0.15) is 11.6 Å².